The number of urea groups is 1. The number of carbonyl (C=O) groups excluding carboxylic acids is 2. The minimum Gasteiger partial charge on any atom is -0.444 e. The van der Waals surface area contributed by atoms with Crippen molar-refractivity contribution >= 4 is 28.6 Å². The molecule has 3 amide bonds. The van der Waals surface area contributed by atoms with E-state index in [0.29, 0.717) is 4.88 Å². The summed E-state index contributed by atoms with van der Waals surface area (Å²) in [6.07, 6.45) is 0.741. The third kappa shape index (κ3) is 5.49. The summed E-state index contributed by atoms with van der Waals surface area (Å²) in [7, 11) is 1.41. The van der Waals surface area contributed by atoms with E-state index in [-0.39, 0.29) is 11.7 Å². The Morgan fingerprint density at radius 3 is 2.85 bits per heavy atom. The molecular formula is C15H22F2N4O4S. The summed E-state index contributed by atoms with van der Waals surface area (Å²) in [6, 6.07) is -1.36. The molecule has 2 rings (SSSR count). The molecular weight excluding hydrogens is 370 g/mol. The lowest BCUT2D eigenvalue weighted by Crippen LogP contribution is -2.58. The van der Waals surface area contributed by atoms with Crippen LogP contribution in [0, 0.1) is 0 Å². The van der Waals surface area contributed by atoms with Crippen molar-refractivity contribution in [3.63, 3.8) is 0 Å². The maximum Gasteiger partial charge on any atom is 0.413 e. The Labute approximate surface area is 153 Å². The smallest absolute Gasteiger partial charge is 0.413 e. The van der Waals surface area contributed by atoms with Gasteiger partial charge in [-0.3, -0.25) is 5.32 Å². The van der Waals surface area contributed by atoms with Crippen molar-refractivity contribution in [1.29, 1.82) is 0 Å². The molecule has 0 saturated carbocycles. The lowest BCUT2D eigenvalue weighted by Gasteiger charge is -2.37. The van der Waals surface area contributed by atoms with Gasteiger partial charge < -0.3 is 19.7 Å². The maximum absolute atomic E-state index is 13.7. The van der Waals surface area contributed by atoms with Crippen molar-refractivity contribution in [3.8, 4) is 0 Å². The van der Waals surface area contributed by atoms with Crippen LogP contribution < -0.4 is 10.6 Å². The highest BCUT2D eigenvalue weighted by atomic mass is 32.1. The van der Waals surface area contributed by atoms with E-state index in [4.69, 9.17) is 9.47 Å². The van der Waals surface area contributed by atoms with Gasteiger partial charge in [0.05, 0.1) is 30.6 Å². The van der Waals surface area contributed by atoms with Crippen molar-refractivity contribution in [2.24, 2.45) is 0 Å². The van der Waals surface area contributed by atoms with E-state index in [0.717, 1.165) is 16.2 Å². The molecule has 0 spiro atoms. The van der Waals surface area contributed by atoms with Crippen molar-refractivity contribution in [2.45, 2.75) is 38.3 Å². The Hall–Kier alpha value is -2.01. The van der Waals surface area contributed by atoms with Gasteiger partial charge in [0.15, 0.2) is 5.13 Å². The second-order valence-electron chi connectivity index (χ2n) is 6.81. The van der Waals surface area contributed by atoms with Crippen LogP contribution in [0.25, 0.3) is 0 Å². The second kappa shape index (κ2) is 7.70. The Balaban J connectivity index is 2.14. The largest absolute Gasteiger partial charge is 0.444 e. The van der Waals surface area contributed by atoms with Crippen LogP contribution >= 0.6 is 11.3 Å². The van der Waals surface area contributed by atoms with Crippen molar-refractivity contribution < 1.29 is 27.8 Å². The number of halogens is 2. The van der Waals surface area contributed by atoms with Crippen LogP contribution in [0.4, 0.5) is 23.5 Å². The summed E-state index contributed by atoms with van der Waals surface area (Å²) < 4.78 is 37.6. The Kier molecular flexibility index (Phi) is 6.02. The van der Waals surface area contributed by atoms with Gasteiger partial charge in [0, 0.05) is 13.3 Å². The third-order valence-corrected chi connectivity index (χ3v) is 4.34. The molecule has 0 aromatic carbocycles. The number of hydrogen-bond donors (Lipinski definition) is 2. The van der Waals surface area contributed by atoms with Gasteiger partial charge in [-0.15, -0.1) is 0 Å². The number of alkyl halides is 2. The molecule has 1 aliphatic heterocycles. The molecule has 0 aliphatic carbocycles. The Morgan fingerprint density at radius 1 is 1.54 bits per heavy atom. The van der Waals surface area contributed by atoms with Gasteiger partial charge in [-0.1, -0.05) is 11.3 Å². The molecule has 2 heterocycles. The van der Waals surface area contributed by atoms with E-state index < -0.39 is 42.8 Å². The molecule has 26 heavy (non-hydrogen) atoms. The summed E-state index contributed by atoms with van der Waals surface area (Å²) in [5.41, 5.74) is -0.666. The molecule has 1 saturated heterocycles. The third-order valence-electron chi connectivity index (χ3n) is 3.32. The molecule has 0 bridgehead atoms. The number of carbonyl (C=O) groups is 2. The Bertz CT molecular complexity index is 662. The molecule has 1 aromatic rings. The number of hydrogen-bond acceptors (Lipinski definition) is 6. The molecule has 1 aliphatic rings. The first-order chi connectivity index (χ1) is 12.0. The second-order valence-corrected chi connectivity index (χ2v) is 7.87. The molecule has 2 N–H and O–H groups in total. The molecule has 1 aromatic heterocycles. The van der Waals surface area contributed by atoms with E-state index in [1.807, 2.05) is 0 Å². The fourth-order valence-corrected chi connectivity index (χ4v) is 3.21. The monoisotopic (exact) mass is 392 g/mol. The van der Waals surface area contributed by atoms with Gasteiger partial charge in [-0.05, 0) is 20.8 Å². The summed E-state index contributed by atoms with van der Waals surface area (Å²) >= 11 is 1.06. The van der Waals surface area contributed by atoms with Crippen LogP contribution in [0.1, 0.15) is 31.7 Å². The normalized spacial score (nSPS) is 18.2. The molecule has 0 radical (unpaired) electrons. The predicted octanol–water partition coefficient (Wildman–Crippen LogP) is 2.84. The number of ether oxygens (including phenoxy) is 2. The highest BCUT2D eigenvalue weighted by Crippen LogP contribution is 2.32. The highest BCUT2D eigenvalue weighted by molar-refractivity contribution is 7.15. The summed E-state index contributed by atoms with van der Waals surface area (Å²) in [5.74, 6) is -3.04. The van der Waals surface area contributed by atoms with Crippen LogP contribution in [0.5, 0.6) is 0 Å². The topological polar surface area (TPSA) is 92.8 Å². The lowest BCUT2D eigenvalue weighted by atomic mass is 10.1. The number of nitrogens with zero attached hydrogens (tertiary/aromatic N) is 2. The minimum absolute atomic E-state index is 0.0115. The standard InChI is InChI=1S/C15H22F2N4O4S/c1-14(2,3)25-13(23)20-11-18-5-10(26-11)9(6-24-4)21-8-15(16,17)7-19-12(21)22/h5,9H,6-8H2,1-4H3,(H,19,22)(H,18,20,23). The van der Waals surface area contributed by atoms with E-state index in [1.54, 1.807) is 20.8 Å². The van der Waals surface area contributed by atoms with Crippen LogP contribution in [0.15, 0.2) is 6.20 Å². The lowest BCUT2D eigenvalue weighted by molar-refractivity contribution is -0.0505. The summed E-state index contributed by atoms with van der Waals surface area (Å²) in [4.78, 5) is 29.4. The number of aromatic nitrogens is 1. The molecule has 11 heteroatoms. The average molecular weight is 392 g/mol. The molecule has 146 valence electrons. The van der Waals surface area contributed by atoms with E-state index in [1.165, 1.54) is 13.3 Å². The summed E-state index contributed by atoms with van der Waals surface area (Å²) in [5, 5.41) is 4.89. The van der Waals surface area contributed by atoms with Gasteiger partial charge in [0.2, 0.25) is 0 Å². The van der Waals surface area contributed by atoms with Crippen molar-refractivity contribution in [3.05, 3.63) is 11.1 Å². The van der Waals surface area contributed by atoms with Crippen LogP contribution in [0.3, 0.4) is 0 Å². The highest BCUT2D eigenvalue weighted by Gasteiger charge is 2.42. The van der Waals surface area contributed by atoms with Gasteiger partial charge >= 0.3 is 12.1 Å². The zero-order valence-electron chi connectivity index (χ0n) is 15.0. The van der Waals surface area contributed by atoms with Gasteiger partial charge in [-0.25, -0.2) is 23.4 Å². The SMILES string of the molecule is COCC(c1cnc(NC(=O)OC(C)(C)C)s1)N1CC(F)(F)CNC1=O. The molecule has 8 nitrogen and oxygen atoms in total. The number of anilines is 1. The van der Waals surface area contributed by atoms with Crippen LogP contribution in [0.2, 0.25) is 0 Å². The van der Waals surface area contributed by atoms with Gasteiger partial charge in [0.25, 0.3) is 5.92 Å². The summed E-state index contributed by atoms with van der Waals surface area (Å²) in [6.45, 7) is 3.77. The fraction of sp³-hybridized carbons (Fsp3) is 0.667. The maximum atomic E-state index is 13.7. The first-order valence-corrected chi connectivity index (χ1v) is 8.69. The fourth-order valence-electron chi connectivity index (χ4n) is 2.31. The van der Waals surface area contributed by atoms with Gasteiger partial charge in [-0.2, -0.15) is 0 Å². The number of rotatable bonds is 5. The van der Waals surface area contributed by atoms with Crippen LogP contribution in [-0.2, 0) is 9.47 Å². The zero-order valence-corrected chi connectivity index (χ0v) is 15.8. The van der Waals surface area contributed by atoms with Crippen LogP contribution in [-0.4, -0.2) is 60.3 Å². The number of nitrogens with one attached hydrogen (secondary N) is 2. The average Bonchev–Trinajstić information content (AvgIpc) is 2.93. The predicted molar refractivity (Wildman–Crippen MR) is 91.6 cm³/mol. The number of thiazole rings is 1. The first kappa shape index (κ1) is 20.3. The van der Waals surface area contributed by atoms with Crippen molar-refractivity contribution in [2.75, 3.05) is 32.1 Å². The van der Waals surface area contributed by atoms with E-state index in [9.17, 15) is 18.4 Å². The number of amides is 3. The van der Waals surface area contributed by atoms with Crippen molar-refractivity contribution in [1.82, 2.24) is 15.2 Å². The minimum atomic E-state index is -3.04. The molecule has 1 fully saturated rings. The van der Waals surface area contributed by atoms with E-state index in [2.05, 4.69) is 15.6 Å². The Morgan fingerprint density at radius 2 is 2.23 bits per heavy atom. The van der Waals surface area contributed by atoms with E-state index >= 15 is 0 Å². The quantitative estimate of drug-likeness (QED) is 0.804. The first-order valence-electron chi connectivity index (χ1n) is 7.88. The molecule has 1 unspecified atom stereocenters. The number of methoxy groups -OCH3 is 1. The zero-order chi connectivity index (χ0) is 19.5. The molecule has 1 atom stereocenters. The van der Waals surface area contributed by atoms with Gasteiger partial charge in [0.1, 0.15) is 5.60 Å².